The zero-order valence-corrected chi connectivity index (χ0v) is 21.3. The van der Waals surface area contributed by atoms with Crippen LogP contribution in [0.4, 0.5) is 11.4 Å². The first-order chi connectivity index (χ1) is 17.6. The van der Waals surface area contributed by atoms with Gasteiger partial charge in [-0.25, -0.2) is 5.43 Å². The summed E-state index contributed by atoms with van der Waals surface area (Å²) in [4.78, 5) is 18.0. The largest absolute Gasteiger partial charge is 0.497 e. The lowest BCUT2D eigenvalue weighted by Gasteiger charge is -2.35. The molecular weight excluding hydrogens is 450 g/mol. The smallest absolute Gasteiger partial charge is 0.235 e. The van der Waals surface area contributed by atoms with Gasteiger partial charge >= 0.3 is 0 Å². The average Bonchev–Trinajstić information content (AvgIpc) is 3.44. The number of anilines is 2. The van der Waals surface area contributed by atoms with Crippen molar-refractivity contribution in [1.29, 1.82) is 0 Å². The summed E-state index contributed by atoms with van der Waals surface area (Å²) < 4.78 is 5.47. The zero-order chi connectivity index (χ0) is 24.4. The van der Waals surface area contributed by atoms with Crippen LogP contribution in [0.1, 0.15) is 42.9 Å². The average molecular weight is 488 g/mol. The standard InChI is InChI=1S/C29H37N5O2/c1-33-11-13-34(14-12-33)20-6-3-18(4-7-20)27-22-9-5-19(15-26(22)31-32-27)24-17-29(24)23-16-21(36-2)8-10-25(23)30-28(29)35/h3-4,6-8,10,16,19,22,24,26-27,31-32H,5,9,11-15,17H2,1-2H3,(H,30,35)/t19?,22?,24?,26?,27?,29-/m0/s1. The highest BCUT2D eigenvalue weighted by Crippen LogP contribution is 2.65. The summed E-state index contributed by atoms with van der Waals surface area (Å²) in [5.74, 6) is 2.61. The number of carbonyl (C=O) groups excluding carboxylic acids is 1. The summed E-state index contributed by atoms with van der Waals surface area (Å²) in [5.41, 5.74) is 11.8. The predicted molar refractivity (Wildman–Crippen MR) is 141 cm³/mol. The summed E-state index contributed by atoms with van der Waals surface area (Å²) >= 11 is 0. The van der Waals surface area contributed by atoms with E-state index in [1.54, 1.807) is 7.11 Å². The number of likely N-dealkylation sites (N-methyl/N-ethyl adjacent to an activating group) is 1. The Morgan fingerprint density at radius 1 is 1.00 bits per heavy atom. The predicted octanol–water partition coefficient (Wildman–Crippen LogP) is 3.29. The molecule has 2 aromatic carbocycles. The van der Waals surface area contributed by atoms with Crippen LogP contribution in [0.5, 0.6) is 5.75 Å². The molecule has 0 aromatic heterocycles. The molecule has 2 saturated carbocycles. The number of carbonyl (C=O) groups is 1. The number of ether oxygens (including phenoxy) is 1. The van der Waals surface area contributed by atoms with Crippen molar-refractivity contribution in [3.8, 4) is 5.75 Å². The summed E-state index contributed by atoms with van der Waals surface area (Å²) in [6, 6.07) is 16.1. The summed E-state index contributed by atoms with van der Waals surface area (Å²) in [6.07, 6.45) is 4.48. The van der Waals surface area contributed by atoms with Gasteiger partial charge in [0.1, 0.15) is 5.75 Å². The molecule has 4 fully saturated rings. The highest BCUT2D eigenvalue weighted by Gasteiger charge is 2.67. The highest BCUT2D eigenvalue weighted by atomic mass is 16.5. The van der Waals surface area contributed by atoms with Crippen LogP contribution < -0.4 is 25.8 Å². The van der Waals surface area contributed by atoms with Gasteiger partial charge in [0.2, 0.25) is 5.91 Å². The topological polar surface area (TPSA) is 68.9 Å². The van der Waals surface area contributed by atoms with Crippen LogP contribution in [0, 0.1) is 17.8 Å². The number of nitrogens with zero attached hydrogens (tertiary/aromatic N) is 2. The quantitative estimate of drug-likeness (QED) is 0.615. The van der Waals surface area contributed by atoms with E-state index in [2.05, 4.69) is 63.3 Å². The molecule has 5 aliphatic rings. The molecule has 7 rings (SSSR count). The lowest BCUT2D eigenvalue weighted by Crippen LogP contribution is -2.44. The van der Waals surface area contributed by atoms with Crippen molar-refractivity contribution in [3.05, 3.63) is 53.6 Å². The van der Waals surface area contributed by atoms with Crippen LogP contribution in [0.3, 0.4) is 0 Å². The van der Waals surface area contributed by atoms with E-state index < -0.39 is 0 Å². The Morgan fingerprint density at radius 3 is 2.58 bits per heavy atom. The molecule has 190 valence electrons. The van der Waals surface area contributed by atoms with Gasteiger partial charge in [-0.05, 0) is 91.9 Å². The Balaban J connectivity index is 1.03. The number of hydrogen-bond donors (Lipinski definition) is 3. The molecule has 0 bridgehead atoms. The van der Waals surface area contributed by atoms with Gasteiger partial charge in [-0.2, -0.15) is 0 Å². The van der Waals surface area contributed by atoms with Crippen LogP contribution in [0.25, 0.3) is 0 Å². The van der Waals surface area contributed by atoms with Crippen molar-refractivity contribution in [1.82, 2.24) is 15.8 Å². The zero-order valence-electron chi connectivity index (χ0n) is 21.3. The lowest BCUT2D eigenvalue weighted by atomic mass is 9.72. The molecule has 5 unspecified atom stereocenters. The van der Waals surface area contributed by atoms with Crippen LogP contribution in [0.2, 0.25) is 0 Å². The Labute approximate surface area is 213 Å². The summed E-state index contributed by atoms with van der Waals surface area (Å²) in [6.45, 7) is 4.46. The molecule has 6 atom stereocenters. The molecule has 0 radical (unpaired) electrons. The van der Waals surface area contributed by atoms with Crippen molar-refractivity contribution in [2.45, 2.75) is 43.2 Å². The molecule has 36 heavy (non-hydrogen) atoms. The van der Waals surface area contributed by atoms with Gasteiger partial charge in [0.05, 0.1) is 18.6 Å². The van der Waals surface area contributed by atoms with E-state index >= 15 is 0 Å². The minimum Gasteiger partial charge on any atom is -0.497 e. The lowest BCUT2D eigenvalue weighted by molar-refractivity contribution is -0.118. The molecule has 7 heteroatoms. The molecule has 2 aliphatic carbocycles. The minimum absolute atomic E-state index is 0.189. The van der Waals surface area contributed by atoms with Gasteiger partial charge in [-0.3, -0.25) is 10.2 Å². The molecule has 1 amide bonds. The van der Waals surface area contributed by atoms with E-state index in [0.29, 0.717) is 29.8 Å². The van der Waals surface area contributed by atoms with Crippen LogP contribution in [-0.2, 0) is 10.2 Å². The maximum atomic E-state index is 13.1. The number of rotatable bonds is 4. The van der Waals surface area contributed by atoms with Gasteiger partial charge in [-0.1, -0.05) is 12.1 Å². The number of piperazine rings is 1. The number of hydrazine groups is 1. The molecule has 3 aliphatic heterocycles. The van der Waals surface area contributed by atoms with Crippen molar-refractivity contribution in [2.75, 3.05) is 50.6 Å². The van der Waals surface area contributed by atoms with Crippen molar-refractivity contribution in [2.24, 2.45) is 17.8 Å². The summed E-state index contributed by atoms with van der Waals surface area (Å²) in [7, 11) is 3.89. The van der Waals surface area contributed by atoms with Gasteiger partial charge in [0, 0.05) is 43.6 Å². The molecule has 3 heterocycles. The molecule has 2 aromatic rings. The number of nitrogens with one attached hydrogen (secondary N) is 3. The van der Waals surface area contributed by atoms with E-state index in [1.807, 2.05) is 12.1 Å². The second-order valence-corrected chi connectivity index (χ2v) is 11.6. The first-order valence-corrected chi connectivity index (χ1v) is 13.6. The normalized spacial score (nSPS) is 35.4. The fourth-order valence-electron chi connectivity index (χ4n) is 7.66. The van der Waals surface area contributed by atoms with Gasteiger partial charge < -0.3 is 19.9 Å². The first-order valence-electron chi connectivity index (χ1n) is 13.6. The molecule has 7 nitrogen and oxygen atoms in total. The Hall–Kier alpha value is -2.61. The maximum Gasteiger partial charge on any atom is 0.235 e. The SMILES string of the molecule is COc1ccc2c(c1)[C@]1(CC1C1CCC3C(C1)NNC3c1ccc(N3CCN(C)CC3)cc1)C(=O)N2. The van der Waals surface area contributed by atoms with Crippen molar-refractivity contribution in [3.63, 3.8) is 0 Å². The second-order valence-electron chi connectivity index (χ2n) is 11.6. The minimum atomic E-state index is -0.341. The van der Waals surface area contributed by atoms with E-state index in [-0.39, 0.29) is 11.3 Å². The Kier molecular flexibility index (Phi) is 5.31. The number of amides is 1. The number of fused-ring (bicyclic) bond motifs is 3. The first kappa shape index (κ1) is 22.6. The third kappa shape index (κ3) is 3.47. The van der Waals surface area contributed by atoms with E-state index in [0.717, 1.165) is 56.0 Å². The molecule has 1 spiro atoms. The third-order valence-corrected chi connectivity index (χ3v) is 9.86. The van der Waals surface area contributed by atoms with E-state index in [1.165, 1.54) is 24.1 Å². The van der Waals surface area contributed by atoms with Gasteiger partial charge in [-0.15, -0.1) is 0 Å². The summed E-state index contributed by atoms with van der Waals surface area (Å²) in [5, 5.41) is 3.15. The van der Waals surface area contributed by atoms with Crippen LogP contribution in [-0.4, -0.2) is 57.2 Å². The maximum absolute atomic E-state index is 13.1. The monoisotopic (exact) mass is 487 g/mol. The number of hydrogen-bond acceptors (Lipinski definition) is 6. The highest BCUT2D eigenvalue weighted by molar-refractivity contribution is 6.09. The third-order valence-electron chi connectivity index (χ3n) is 9.86. The van der Waals surface area contributed by atoms with E-state index in [9.17, 15) is 4.79 Å². The Morgan fingerprint density at radius 2 is 1.81 bits per heavy atom. The van der Waals surface area contributed by atoms with E-state index in [4.69, 9.17) is 4.74 Å². The molecule has 3 N–H and O–H groups in total. The second kappa shape index (κ2) is 8.47. The molecular formula is C29H37N5O2. The fraction of sp³-hybridized carbons (Fsp3) is 0.552. The van der Waals surface area contributed by atoms with Gasteiger partial charge in [0.15, 0.2) is 0 Å². The van der Waals surface area contributed by atoms with Gasteiger partial charge in [0.25, 0.3) is 0 Å². The van der Waals surface area contributed by atoms with Crippen LogP contribution >= 0.6 is 0 Å². The van der Waals surface area contributed by atoms with Crippen molar-refractivity contribution < 1.29 is 9.53 Å². The number of benzene rings is 2. The number of methoxy groups -OCH3 is 1. The molecule has 2 saturated heterocycles. The van der Waals surface area contributed by atoms with Crippen molar-refractivity contribution >= 4 is 17.3 Å². The fourth-order valence-corrected chi connectivity index (χ4v) is 7.66. The van der Waals surface area contributed by atoms with Crippen LogP contribution in [0.15, 0.2) is 42.5 Å². The Bertz CT molecular complexity index is 1160.